The molecule has 0 heterocycles. The molecule has 0 aromatic heterocycles. The number of rotatable bonds is 1. The van der Waals surface area contributed by atoms with Crippen molar-refractivity contribution in [1.29, 1.82) is 0 Å². The van der Waals surface area contributed by atoms with Crippen LogP contribution in [0.3, 0.4) is 0 Å². The zero-order chi connectivity index (χ0) is 12.7. The zero-order valence-corrected chi connectivity index (χ0v) is 10.7. The van der Waals surface area contributed by atoms with Crippen LogP contribution in [0.5, 0.6) is 0 Å². The predicted molar refractivity (Wildman–Crippen MR) is 73.1 cm³/mol. The molecular weight excluding hydrogens is 220 g/mol. The lowest BCUT2D eigenvalue weighted by molar-refractivity contribution is 0.0991. The highest BCUT2D eigenvalue weighted by Crippen LogP contribution is 2.39. The van der Waals surface area contributed by atoms with Crippen molar-refractivity contribution in [2.24, 2.45) is 0 Å². The average Bonchev–Trinajstić information content (AvgIpc) is 2.73. The van der Waals surface area contributed by atoms with E-state index in [1.807, 2.05) is 18.2 Å². The summed E-state index contributed by atoms with van der Waals surface area (Å²) in [6.07, 6.45) is 0.615. The minimum atomic E-state index is 0.244. The van der Waals surface area contributed by atoms with E-state index >= 15 is 0 Å². The maximum atomic E-state index is 12.2. The number of hydrogen-bond acceptors (Lipinski definition) is 1. The molecule has 1 aliphatic rings. The Bertz CT molecular complexity index is 611. The quantitative estimate of drug-likeness (QED) is 0.730. The first-order valence-electron chi connectivity index (χ1n) is 6.36. The summed E-state index contributed by atoms with van der Waals surface area (Å²) in [6, 6.07) is 14.6. The molecule has 0 saturated heterocycles. The monoisotopic (exact) mass is 236 g/mol. The highest BCUT2D eigenvalue weighted by atomic mass is 16.1. The molecule has 1 atom stereocenters. The molecule has 1 unspecified atom stereocenters. The summed E-state index contributed by atoms with van der Waals surface area (Å²) < 4.78 is 0. The number of fused-ring (bicyclic) bond motifs is 1. The first kappa shape index (κ1) is 11.2. The first-order valence-corrected chi connectivity index (χ1v) is 6.36. The molecule has 2 aromatic carbocycles. The Balaban J connectivity index is 2.16. The van der Waals surface area contributed by atoms with Gasteiger partial charge in [-0.2, -0.15) is 0 Å². The van der Waals surface area contributed by atoms with Gasteiger partial charge in [0.05, 0.1) is 0 Å². The number of benzene rings is 2. The lowest BCUT2D eigenvalue weighted by Crippen LogP contribution is -1.97. The fourth-order valence-corrected chi connectivity index (χ4v) is 2.88. The average molecular weight is 236 g/mol. The summed E-state index contributed by atoms with van der Waals surface area (Å²) in [4.78, 5) is 12.2. The Morgan fingerprint density at radius 2 is 1.72 bits per heavy atom. The third kappa shape index (κ3) is 1.59. The highest BCUT2D eigenvalue weighted by Gasteiger charge is 2.31. The van der Waals surface area contributed by atoms with E-state index < -0.39 is 0 Å². The third-order valence-electron chi connectivity index (χ3n) is 4.01. The number of Topliss-reactive ketones (excluding diaryl/α,β-unsaturated/α-hetero) is 1. The van der Waals surface area contributed by atoms with E-state index in [-0.39, 0.29) is 5.92 Å². The second-order valence-electron chi connectivity index (χ2n) is 5.06. The van der Waals surface area contributed by atoms with E-state index in [4.69, 9.17) is 0 Å². The van der Waals surface area contributed by atoms with Gasteiger partial charge in [0.15, 0.2) is 5.78 Å². The van der Waals surface area contributed by atoms with Gasteiger partial charge < -0.3 is 0 Å². The molecule has 0 aliphatic heterocycles. The first-order chi connectivity index (χ1) is 8.68. The standard InChI is InChI=1S/C17H16O/c1-11-8-9-14-15(13-6-4-3-5-7-13)10-16(18)17(14)12(11)2/h3-9,15H,10H2,1-2H3. The zero-order valence-electron chi connectivity index (χ0n) is 10.7. The van der Waals surface area contributed by atoms with Gasteiger partial charge in [0, 0.05) is 17.9 Å². The Labute approximate surface area is 107 Å². The molecular formula is C17H16O. The van der Waals surface area contributed by atoms with Gasteiger partial charge in [0.1, 0.15) is 0 Å². The van der Waals surface area contributed by atoms with Crippen molar-refractivity contribution in [3.05, 3.63) is 70.3 Å². The Hall–Kier alpha value is -1.89. The van der Waals surface area contributed by atoms with E-state index in [0.29, 0.717) is 12.2 Å². The van der Waals surface area contributed by atoms with E-state index in [0.717, 1.165) is 11.1 Å². The minimum absolute atomic E-state index is 0.244. The van der Waals surface area contributed by atoms with Gasteiger partial charge in [-0.15, -0.1) is 0 Å². The maximum absolute atomic E-state index is 12.2. The number of carbonyl (C=O) groups is 1. The van der Waals surface area contributed by atoms with Crippen LogP contribution in [0.15, 0.2) is 42.5 Å². The molecule has 0 bridgehead atoms. The van der Waals surface area contributed by atoms with Gasteiger partial charge in [-0.05, 0) is 36.1 Å². The second-order valence-corrected chi connectivity index (χ2v) is 5.06. The summed E-state index contributed by atoms with van der Waals surface area (Å²) in [5.41, 5.74) is 5.76. The van der Waals surface area contributed by atoms with Crippen LogP contribution < -0.4 is 0 Å². The number of hydrogen-bond donors (Lipinski definition) is 0. The van der Waals surface area contributed by atoms with Gasteiger partial charge in [-0.1, -0.05) is 42.5 Å². The van der Waals surface area contributed by atoms with Crippen molar-refractivity contribution in [3.8, 4) is 0 Å². The maximum Gasteiger partial charge on any atom is 0.164 e. The summed E-state index contributed by atoms with van der Waals surface area (Å²) in [7, 11) is 0. The van der Waals surface area contributed by atoms with Gasteiger partial charge in [-0.3, -0.25) is 4.79 Å². The van der Waals surface area contributed by atoms with Crippen LogP contribution in [0.4, 0.5) is 0 Å². The summed E-state index contributed by atoms with van der Waals surface area (Å²) in [5, 5.41) is 0. The van der Waals surface area contributed by atoms with Crippen LogP contribution in [0.2, 0.25) is 0 Å². The van der Waals surface area contributed by atoms with Crippen LogP contribution in [-0.4, -0.2) is 5.78 Å². The molecule has 90 valence electrons. The molecule has 0 saturated carbocycles. The van der Waals surface area contributed by atoms with Crippen LogP contribution in [0.1, 0.15) is 45.0 Å². The minimum Gasteiger partial charge on any atom is -0.294 e. The second kappa shape index (κ2) is 4.09. The van der Waals surface area contributed by atoms with Crippen LogP contribution >= 0.6 is 0 Å². The van der Waals surface area contributed by atoms with Crippen molar-refractivity contribution in [2.45, 2.75) is 26.2 Å². The largest absolute Gasteiger partial charge is 0.294 e. The van der Waals surface area contributed by atoms with Crippen molar-refractivity contribution < 1.29 is 4.79 Å². The summed E-state index contributed by atoms with van der Waals surface area (Å²) in [6.45, 7) is 4.12. The molecule has 0 radical (unpaired) electrons. The van der Waals surface area contributed by atoms with Gasteiger partial charge in [0.2, 0.25) is 0 Å². The third-order valence-corrected chi connectivity index (χ3v) is 4.01. The molecule has 1 aliphatic carbocycles. The van der Waals surface area contributed by atoms with Crippen LogP contribution in [-0.2, 0) is 0 Å². The van der Waals surface area contributed by atoms with Crippen molar-refractivity contribution >= 4 is 5.78 Å². The molecule has 0 spiro atoms. The molecule has 0 amide bonds. The molecule has 3 rings (SSSR count). The predicted octanol–water partition coefficient (Wildman–Crippen LogP) is 4.02. The number of ketones is 1. The number of aryl methyl sites for hydroxylation is 1. The summed E-state index contributed by atoms with van der Waals surface area (Å²) >= 11 is 0. The highest BCUT2D eigenvalue weighted by molar-refractivity contribution is 6.03. The molecule has 0 fully saturated rings. The Morgan fingerprint density at radius 1 is 1.00 bits per heavy atom. The van der Waals surface area contributed by atoms with Crippen LogP contribution in [0, 0.1) is 13.8 Å². The normalized spacial score (nSPS) is 17.9. The van der Waals surface area contributed by atoms with Crippen molar-refractivity contribution in [1.82, 2.24) is 0 Å². The van der Waals surface area contributed by atoms with Gasteiger partial charge in [0.25, 0.3) is 0 Å². The molecule has 1 heteroatoms. The lowest BCUT2D eigenvalue weighted by Gasteiger charge is -2.12. The Kier molecular flexibility index (Phi) is 2.55. The Morgan fingerprint density at radius 3 is 2.44 bits per heavy atom. The van der Waals surface area contributed by atoms with E-state index in [1.54, 1.807) is 0 Å². The smallest absolute Gasteiger partial charge is 0.164 e. The SMILES string of the molecule is Cc1ccc2c(c1C)C(=O)CC2c1ccccc1. The lowest BCUT2D eigenvalue weighted by atomic mass is 9.91. The fourth-order valence-electron chi connectivity index (χ4n) is 2.88. The van der Waals surface area contributed by atoms with Crippen molar-refractivity contribution in [3.63, 3.8) is 0 Å². The fraction of sp³-hybridized carbons (Fsp3) is 0.235. The van der Waals surface area contributed by atoms with E-state index in [1.165, 1.54) is 16.7 Å². The van der Waals surface area contributed by atoms with Crippen molar-refractivity contribution in [2.75, 3.05) is 0 Å². The molecule has 0 N–H and O–H groups in total. The van der Waals surface area contributed by atoms with Gasteiger partial charge >= 0.3 is 0 Å². The van der Waals surface area contributed by atoms with Gasteiger partial charge in [-0.25, -0.2) is 0 Å². The van der Waals surface area contributed by atoms with E-state index in [9.17, 15) is 4.79 Å². The molecule has 2 aromatic rings. The topological polar surface area (TPSA) is 17.1 Å². The summed E-state index contributed by atoms with van der Waals surface area (Å²) in [5.74, 6) is 0.535. The number of carbonyl (C=O) groups excluding carboxylic acids is 1. The molecule has 1 nitrogen and oxygen atoms in total. The van der Waals surface area contributed by atoms with Crippen LogP contribution in [0.25, 0.3) is 0 Å². The molecule has 18 heavy (non-hydrogen) atoms. The van der Waals surface area contributed by atoms with E-state index in [2.05, 4.69) is 38.1 Å².